The molecule has 4 heteroatoms. The number of benzene rings is 1. The summed E-state index contributed by atoms with van der Waals surface area (Å²) in [5, 5.41) is 4.33. The number of rotatable bonds is 3. The topological polar surface area (TPSA) is 12.0 Å². The molecule has 20 heavy (non-hydrogen) atoms. The summed E-state index contributed by atoms with van der Waals surface area (Å²) in [6.07, 6.45) is 5.20. The molecule has 0 bridgehead atoms. The molecule has 1 unspecified atom stereocenters. The molecule has 3 rings (SSSR count). The third-order valence-electron chi connectivity index (χ3n) is 3.75. The zero-order valence-electron chi connectivity index (χ0n) is 11.4. The Morgan fingerprint density at radius 2 is 2.05 bits per heavy atom. The van der Waals surface area contributed by atoms with Crippen molar-refractivity contribution in [3.8, 4) is 0 Å². The second-order valence-corrected chi connectivity index (χ2v) is 8.12. The Labute approximate surface area is 142 Å². The Balaban J connectivity index is 1.78. The van der Waals surface area contributed by atoms with Gasteiger partial charge in [0.1, 0.15) is 0 Å². The molecule has 106 valence electrons. The van der Waals surface area contributed by atoms with Gasteiger partial charge in [-0.2, -0.15) is 0 Å². The molecule has 0 fully saturated rings. The second-order valence-electron chi connectivity index (χ2n) is 5.29. The summed E-state index contributed by atoms with van der Waals surface area (Å²) >= 11 is 10.5. The van der Waals surface area contributed by atoms with Gasteiger partial charge in [0, 0.05) is 13.3 Å². The lowest BCUT2D eigenvalue weighted by Gasteiger charge is -2.15. The van der Waals surface area contributed by atoms with Crippen molar-refractivity contribution in [2.24, 2.45) is 0 Å². The van der Waals surface area contributed by atoms with Crippen LogP contribution in [0.15, 0.2) is 24.3 Å². The summed E-state index contributed by atoms with van der Waals surface area (Å²) in [4.78, 5) is 3.01. The van der Waals surface area contributed by atoms with Crippen molar-refractivity contribution in [2.45, 2.75) is 38.6 Å². The Morgan fingerprint density at radius 1 is 1.25 bits per heavy atom. The van der Waals surface area contributed by atoms with E-state index in [1.54, 1.807) is 10.4 Å². The first-order valence-corrected chi connectivity index (χ1v) is 9.24. The van der Waals surface area contributed by atoms with E-state index in [1.807, 2.05) is 17.4 Å². The van der Waals surface area contributed by atoms with E-state index >= 15 is 0 Å². The van der Waals surface area contributed by atoms with Crippen molar-refractivity contribution in [1.82, 2.24) is 0 Å². The van der Waals surface area contributed by atoms with Crippen molar-refractivity contribution < 1.29 is 0 Å². The second kappa shape index (κ2) is 6.24. The minimum atomic E-state index is 0.308. The number of nitrogens with one attached hydrogen (secondary N) is 1. The van der Waals surface area contributed by atoms with Crippen LogP contribution in [0.4, 0.5) is 5.69 Å². The minimum absolute atomic E-state index is 0.308. The molecule has 1 aromatic heterocycles. The molecule has 0 saturated heterocycles. The Bertz CT molecular complexity index is 599. The molecule has 1 heterocycles. The van der Waals surface area contributed by atoms with Crippen molar-refractivity contribution in [2.75, 3.05) is 5.32 Å². The van der Waals surface area contributed by atoms with Crippen molar-refractivity contribution in [3.63, 3.8) is 0 Å². The van der Waals surface area contributed by atoms with Crippen LogP contribution in [-0.4, -0.2) is 0 Å². The summed E-state index contributed by atoms with van der Waals surface area (Å²) in [7, 11) is 0. The third kappa shape index (κ3) is 3.15. The molecule has 1 N–H and O–H groups in total. The lowest BCUT2D eigenvalue weighted by Crippen LogP contribution is -2.05. The van der Waals surface area contributed by atoms with Gasteiger partial charge in [0.15, 0.2) is 0 Å². The van der Waals surface area contributed by atoms with E-state index < -0.39 is 0 Å². The number of halogens is 2. The standard InChI is InChI=1S/C16H17ClINS/c1-10(19-14-7-6-12(18)9-13(14)17)16-8-11-4-2-3-5-15(11)20-16/h6-10,19H,2-5H2,1H3. The number of hydrogen-bond acceptors (Lipinski definition) is 2. The number of hydrogen-bond donors (Lipinski definition) is 1. The van der Waals surface area contributed by atoms with Gasteiger partial charge < -0.3 is 5.32 Å². The highest BCUT2D eigenvalue weighted by Gasteiger charge is 2.17. The monoisotopic (exact) mass is 417 g/mol. The number of thiophene rings is 1. The van der Waals surface area contributed by atoms with Crippen LogP contribution in [0.2, 0.25) is 5.02 Å². The van der Waals surface area contributed by atoms with E-state index in [9.17, 15) is 0 Å². The lowest BCUT2D eigenvalue weighted by atomic mass is 9.99. The summed E-state index contributed by atoms with van der Waals surface area (Å²) in [6, 6.07) is 8.84. The van der Waals surface area contributed by atoms with Gasteiger partial charge in [0.2, 0.25) is 0 Å². The largest absolute Gasteiger partial charge is 0.377 e. The zero-order valence-corrected chi connectivity index (χ0v) is 15.1. The van der Waals surface area contributed by atoms with Crippen LogP contribution in [0.3, 0.4) is 0 Å². The lowest BCUT2D eigenvalue weighted by molar-refractivity contribution is 0.696. The van der Waals surface area contributed by atoms with E-state index in [1.165, 1.54) is 30.6 Å². The van der Waals surface area contributed by atoms with Crippen molar-refractivity contribution in [1.29, 1.82) is 0 Å². The molecule has 1 aliphatic carbocycles. The van der Waals surface area contributed by atoms with Gasteiger partial charge in [-0.15, -0.1) is 11.3 Å². The fourth-order valence-electron chi connectivity index (χ4n) is 2.64. The normalized spacial score (nSPS) is 15.8. The fraction of sp³-hybridized carbons (Fsp3) is 0.375. The van der Waals surface area contributed by atoms with Gasteiger partial charge in [-0.3, -0.25) is 0 Å². The molecule has 1 atom stereocenters. The molecule has 1 aromatic carbocycles. The van der Waals surface area contributed by atoms with Crippen LogP contribution < -0.4 is 5.32 Å². The van der Waals surface area contributed by atoms with E-state index in [4.69, 9.17) is 11.6 Å². The van der Waals surface area contributed by atoms with E-state index in [0.717, 1.165) is 14.3 Å². The molecule has 2 aromatic rings. The predicted octanol–water partition coefficient (Wildman–Crippen LogP) is 6.06. The minimum Gasteiger partial charge on any atom is -0.377 e. The van der Waals surface area contributed by atoms with E-state index in [2.05, 4.69) is 53.0 Å². The van der Waals surface area contributed by atoms with Gasteiger partial charge in [0.05, 0.1) is 16.8 Å². The molecular weight excluding hydrogens is 401 g/mol. The van der Waals surface area contributed by atoms with Crippen LogP contribution >= 0.6 is 45.5 Å². The molecule has 0 saturated carbocycles. The highest BCUT2D eigenvalue weighted by Crippen LogP contribution is 2.35. The number of aryl methyl sites for hydroxylation is 2. The van der Waals surface area contributed by atoms with Gasteiger partial charge >= 0.3 is 0 Å². The predicted molar refractivity (Wildman–Crippen MR) is 97.2 cm³/mol. The Hall–Kier alpha value is -0.260. The van der Waals surface area contributed by atoms with Crippen molar-refractivity contribution in [3.05, 3.63) is 48.2 Å². The molecule has 1 nitrogen and oxygen atoms in total. The molecule has 0 spiro atoms. The maximum atomic E-state index is 6.30. The quantitative estimate of drug-likeness (QED) is 0.599. The first kappa shape index (κ1) is 14.7. The van der Waals surface area contributed by atoms with Gasteiger partial charge in [-0.05, 0) is 85.0 Å². The Morgan fingerprint density at radius 3 is 2.80 bits per heavy atom. The smallest absolute Gasteiger partial charge is 0.0648 e. The van der Waals surface area contributed by atoms with Crippen LogP contribution in [-0.2, 0) is 12.8 Å². The first-order valence-electron chi connectivity index (χ1n) is 6.96. The zero-order chi connectivity index (χ0) is 14.1. The highest BCUT2D eigenvalue weighted by atomic mass is 127. The number of fused-ring (bicyclic) bond motifs is 1. The van der Waals surface area contributed by atoms with Crippen LogP contribution in [0.5, 0.6) is 0 Å². The van der Waals surface area contributed by atoms with Crippen LogP contribution in [0.25, 0.3) is 0 Å². The maximum Gasteiger partial charge on any atom is 0.0648 e. The number of anilines is 1. The van der Waals surface area contributed by atoms with Gasteiger partial charge in [-0.1, -0.05) is 11.6 Å². The van der Waals surface area contributed by atoms with Gasteiger partial charge in [-0.25, -0.2) is 0 Å². The van der Waals surface area contributed by atoms with Gasteiger partial charge in [0.25, 0.3) is 0 Å². The average Bonchev–Trinajstić information content (AvgIpc) is 2.86. The molecule has 0 aliphatic heterocycles. The average molecular weight is 418 g/mol. The maximum absolute atomic E-state index is 6.30. The summed E-state index contributed by atoms with van der Waals surface area (Å²) < 4.78 is 1.16. The highest BCUT2D eigenvalue weighted by molar-refractivity contribution is 14.1. The first-order chi connectivity index (χ1) is 9.63. The molecule has 0 radical (unpaired) electrons. The van der Waals surface area contributed by atoms with E-state index in [0.29, 0.717) is 6.04 Å². The third-order valence-corrected chi connectivity index (χ3v) is 6.15. The van der Waals surface area contributed by atoms with Crippen LogP contribution in [0, 0.1) is 3.57 Å². The Kier molecular flexibility index (Phi) is 4.58. The summed E-state index contributed by atoms with van der Waals surface area (Å²) in [6.45, 7) is 2.21. The SMILES string of the molecule is CC(Nc1ccc(I)cc1Cl)c1cc2c(s1)CCCC2. The molecular formula is C16H17ClINS. The fourth-order valence-corrected chi connectivity index (χ4v) is 4.81. The van der Waals surface area contributed by atoms with Crippen molar-refractivity contribution >= 4 is 51.2 Å². The summed E-state index contributed by atoms with van der Waals surface area (Å²) in [5.41, 5.74) is 2.59. The van der Waals surface area contributed by atoms with Crippen LogP contribution in [0.1, 0.15) is 41.1 Å². The van der Waals surface area contributed by atoms with E-state index in [-0.39, 0.29) is 0 Å². The molecule has 0 amide bonds. The molecule has 1 aliphatic rings. The summed E-state index contributed by atoms with van der Waals surface area (Å²) in [5.74, 6) is 0.